The van der Waals surface area contributed by atoms with Gasteiger partial charge < -0.3 is 20.1 Å². The third-order valence-electron chi connectivity index (χ3n) is 2.45. The molecule has 0 saturated carbocycles. The first-order valence-electron chi connectivity index (χ1n) is 4.70. The van der Waals surface area contributed by atoms with E-state index in [-0.39, 0.29) is 11.9 Å². The Balaban J connectivity index is 2.13. The summed E-state index contributed by atoms with van der Waals surface area (Å²) in [6.45, 7) is 1.33. The lowest BCUT2D eigenvalue weighted by Gasteiger charge is -2.15. The molecule has 0 aliphatic carbocycles. The molecular weight excluding hydrogens is 198 g/mol. The van der Waals surface area contributed by atoms with Crippen LogP contribution in [0, 0.1) is 10.1 Å². The molecule has 2 rings (SSSR count). The molecule has 1 atom stereocenters. The van der Waals surface area contributed by atoms with Crippen molar-refractivity contribution >= 4 is 11.5 Å². The van der Waals surface area contributed by atoms with E-state index in [1.807, 2.05) is 4.90 Å². The molecule has 0 bridgehead atoms. The quantitative estimate of drug-likeness (QED) is 0.568. The molecule has 1 unspecified atom stereocenters. The molecule has 1 aliphatic heterocycles. The van der Waals surface area contributed by atoms with E-state index in [1.165, 1.54) is 12.3 Å². The van der Waals surface area contributed by atoms with Crippen LogP contribution >= 0.6 is 0 Å². The van der Waals surface area contributed by atoms with E-state index in [0.717, 1.165) is 18.7 Å². The van der Waals surface area contributed by atoms with E-state index in [0.29, 0.717) is 6.54 Å². The van der Waals surface area contributed by atoms with E-state index in [2.05, 4.69) is 4.98 Å². The number of nitro groups is 1. The Morgan fingerprint density at radius 1 is 1.60 bits per heavy atom. The smallest absolute Gasteiger partial charge is 0.363 e. The van der Waals surface area contributed by atoms with Gasteiger partial charge in [0.2, 0.25) is 0 Å². The highest BCUT2D eigenvalue weighted by atomic mass is 16.6. The van der Waals surface area contributed by atoms with Crippen molar-refractivity contribution in [2.45, 2.75) is 12.5 Å². The van der Waals surface area contributed by atoms with Crippen LogP contribution in [0.1, 0.15) is 6.42 Å². The zero-order valence-electron chi connectivity index (χ0n) is 8.04. The minimum Gasteiger partial charge on any atom is -0.391 e. The molecule has 0 aromatic carbocycles. The highest BCUT2D eigenvalue weighted by Gasteiger charge is 2.21. The van der Waals surface area contributed by atoms with Crippen LogP contribution in [0.25, 0.3) is 0 Å². The number of aliphatic hydroxyl groups is 1. The molecule has 15 heavy (non-hydrogen) atoms. The van der Waals surface area contributed by atoms with Crippen molar-refractivity contribution in [3.05, 3.63) is 28.4 Å². The molecule has 6 nitrogen and oxygen atoms in total. The second-order valence-electron chi connectivity index (χ2n) is 3.52. The number of nitrogens with zero attached hydrogens (tertiary/aromatic N) is 3. The van der Waals surface area contributed by atoms with Gasteiger partial charge in [0.05, 0.1) is 11.8 Å². The first kappa shape index (κ1) is 9.85. The zero-order valence-corrected chi connectivity index (χ0v) is 8.04. The van der Waals surface area contributed by atoms with Crippen LogP contribution in [0.3, 0.4) is 0 Å². The molecule has 1 aliphatic rings. The van der Waals surface area contributed by atoms with Crippen molar-refractivity contribution < 1.29 is 10.0 Å². The topological polar surface area (TPSA) is 79.5 Å². The number of pyridine rings is 1. The van der Waals surface area contributed by atoms with E-state index >= 15 is 0 Å². The summed E-state index contributed by atoms with van der Waals surface area (Å²) in [6, 6.07) is 3.03. The maximum atomic E-state index is 10.4. The summed E-state index contributed by atoms with van der Waals surface area (Å²) in [5.74, 6) is -0.154. The summed E-state index contributed by atoms with van der Waals surface area (Å²) in [4.78, 5) is 15.5. The van der Waals surface area contributed by atoms with Gasteiger partial charge in [-0.05, 0) is 22.4 Å². The molecule has 1 aromatic heterocycles. The van der Waals surface area contributed by atoms with Gasteiger partial charge in [0.25, 0.3) is 0 Å². The monoisotopic (exact) mass is 209 g/mol. The number of β-amino-alcohol motifs (C(OH)–C–C–N with tert-alkyl or cyclic N) is 1. The Kier molecular flexibility index (Phi) is 2.51. The van der Waals surface area contributed by atoms with Crippen LogP contribution in [0.4, 0.5) is 11.5 Å². The Bertz CT molecular complexity index is 365. The standard InChI is InChI=1S/C9H11N3O3/c13-8-3-4-11(6-8)7-1-2-9(10-5-7)12(14)15/h1-2,5,8,13H,3-4,6H2. The number of aromatic nitrogens is 1. The Hall–Kier alpha value is -1.69. The van der Waals surface area contributed by atoms with Crippen molar-refractivity contribution in [1.82, 2.24) is 4.98 Å². The highest BCUT2D eigenvalue weighted by molar-refractivity contribution is 5.47. The summed E-state index contributed by atoms with van der Waals surface area (Å²) < 4.78 is 0. The van der Waals surface area contributed by atoms with Gasteiger partial charge in [-0.1, -0.05) is 0 Å². The Morgan fingerprint density at radius 2 is 2.40 bits per heavy atom. The van der Waals surface area contributed by atoms with Crippen molar-refractivity contribution in [3.8, 4) is 0 Å². The summed E-state index contributed by atoms with van der Waals surface area (Å²) in [5, 5.41) is 19.7. The summed E-state index contributed by atoms with van der Waals surface area (Å²) >= 11 is 0. The summed E-state index contributed by atoms with van der Waals surface area (Å²) in [6.07, 6.45) is 1.90. The van der Waals surface area contributed by atoms with Gasteiger partial charge >= 0.3 is 5.82 Å². The first-order chi connectivity index (χ1) is 7.16. The van der Waals surface area contributed by atoms with E-state index in [4.69, 9.17) is 0 Å². The normalized spacial score (nSPS) is 20.6. The lowest BCUT2D eigenvalue weighted by Crippen LogP contribution is -2.21. The number of anilines is 1. The van der Waals surface area contributed by atoms with Crippen LogP contribution < -0.4 is 4.90 Å². The van der Waals surface area contributed by atoms with E-state index < -0.39 is 4.92 Å². The van der Waals surface area contributed by atoms with Gasteiger partial charge in [-0.3, -0.25) is 0 Å². The van der Waals surface area contributed by atoms with Crippen molar-refractivity contribution in [2.75, 3.05) is 18.0 Å². The predicted octanol–water partition coefficient (Wildman–Crippen LogP) is 0.561. The third kappa shape index (κ3) is 2.04. The molecule has 1 fully saturated rings. The SMILES string of the molecule is O=[N+]([O-])c1ccc(N2CCC(O)C2)cn1. The largest absolute Gasteiger partial charge is 0.391 e. The van der Waals surface area contributed by atoms with Gasteiger partial charge in [-0.25, -0.2) is 0 Å². The van der Waals surface area contributed by atoms with Crippen LogP contribution in [-0.4, -0.2) is 34.2 Å². The Labute approximate surface area is 86.3 Å². The molecule has 1 N–H and O–H groups in total. The maximum absolute atomic E-state index is 10.4. The summed E-state index contributed by atoms with van der Waals surface area (Å²) in [5.41, 5.74) is 0.817. The molecule has 0 radical (unpaired) electrons. The van der Waals surface area contributed by atoms with Gasteiger partial charge in [-0.2, -0.15) is 0 Å². The van der Waals surface area contributed by atoms with Gasteiger partial charge in [-0.15, -0.1) is 0 Å². The average molecular weight is 209 g/mol. The maximum Gasteiger partial charge on any atom is 0.363 e. The minimum absolute atomic E-state index is 0.154. The fourth-order valence-electron chi connectivity index (χ4n) is 1.65. The molecule has 1 saturated heterocycles. The van der Waals surface area contributed by atoms with Crippen LogP contribution in [0.15, 0.2) is 18.3 Å². The second-order valence-corrected chi connectivity index (χ2v) is 3.52. The van der Waals surface area contributed by atoms with Crippen molar-refractivity contribution in [1.29, 1.82) is 0 Å². The van der Waals surface area contributed by atoms with Crippen LogP contribution in [0.5, 0.6) is 0 Å². The predicted molar refractivity (Wildman–Crippen MR) is 53.7 cm³/mol. The van der Waals surface area contributed by atoms with Gasteiger partial charge in [0.1, 0.15) is 0 Å². The van der Waals surface area contributed by atoms with Crippen molar-refractivity contribution in [3.63, 3.8) is 0 Å². The average Bonchev–Trinajstić information content (AvgIpc) is 2.65. The molecule has 0 amide bonds. The van der Waals surface area contributed by atoms with E-state index in [9.17, 15) is 15.2 Å². The van der Waals surface area contributed by atoms with E-state index in [1.54, 1.807) is 6.07 Å². The molecule has 0 spiro atoms. The number of aliphatic hydroxyl groups excluding tert-OH is 1. The first-order valence-corrected chi connectivity index (χ1v) is 4.70. The summed E-state index contributed by atoms with van der Waals surface area (Å²) in [7, 11) is 0. The number of hydrogen-bond donors (Lipinski definition) is 1. The molecule has 2 heterocycles. The fourth-order valence-corrected chi connectivity index (χ4v) is 1.65. The number of hydrogen-bond acceptors (Lipinski definition) is 5. The lowest BCUT2D eigenvalue weighted by atomic mass is 10.3. The molecule has 1 aromatic rings. The second kappa shape index (κ2) is 3.82. The third-order valence-corrected chi connectivity index (χ3v) is 2.45. The zero-order chi connectivity index (χ0) is 10.8. The Morgan fingerprint density at radius 3 is 2.87 bits per heavy atom. The van der Waals surface area contributed by atoms with Crippen LogP contribution in [-0.2, 0) is 0 Å². The molecule has 80 valence electrons. The molecule has 6 heteroatoms. The fraction of sp³-hybridized carbons (Fsp3) is 0.444. The minimum atomic E-state index is -0.525. The van der Waals surface area contributed by atoms with Gasteiger partial charge in [0, 0.05) is 19.2 Å². The lowest BCUT2D eigenvalue weighted by molar-refractivity contribution is -0.389. The number of rotatable bonds is 2. The highest BCUT2D eigenvalue weighted by Crippen LogP contribution is 2.20. The molecular formula is C9H11N3O3. The van der Waals surface area contributed by atoms with Crippen LogP contribution in [0.2, 0.25) is 0 Å². The van der Waals surface area contributed by atoms with Gasteiger partial charge in [0.15, 0.2) is 6.20 Å². The van der Waals surface area contributed by atoms with Crippen molar-refractivity contribution in [2.24, 2.45) is 0 Å².